The van der Waals surface area contributed by atoms with Crippen LogP contribution in [0.2, 0.25) is 0 Å². The summed E-state index contributed by atoms with van der Waals surface area (Å²) in [5, 5.41) is 1.50. The van der Waals surface area contributed by atoms with Crippen molar-refractivity contribution in [2.24, 2.45) is 0 Å². The van der Waals surface area contributed by atoms with E-state index < -0.39 is 0 Å². The molecule has 0 aromatic heterocycles. The molecule has 23 heavy (non-hydrogen) atoms. The molecule has 0 saturated carbocycles. The van der Waals surface area contributed by atoms with E-state index >= 15 is 0 Å². The second-order valence-corrected chi connectivity index (χ2v) is 4.78. The summed E-state index contributed by atoms with van der Waals surface area (Å²) in [6.07, 6.45) is 3.15. The molecular formula is C18H20O5. The number of fused-ring (bicyclic) bond motifs is 1. The predicted octanol–water partition coefficient (Wildman–Crippen LogP) is 3.63. The zero-order valence-electron chi connectivity index (χ0n) is 13.9. The molecule has 5 heteroatoms. The van der Waals surface area contributed by atoms with Gasteiger partial charge in [0.15, 0.2) is 5.78 Å². The Morgan fingerprint density at radius 1 is 0.913 bits per heavy atom. The van der Waals surface area contributed by atoms with E-state index in [1.807, 2.05) is 6.07 Å². The first-order valence-electron chi connectivity index (χ1n) is 7.09. The van der Waals surface area contributed by atoms with Crippen LogP contribution in [0.4, 0.5) is 0 Å². The van der Waals surface area contributed by atoms with E-state index in [0.29, 0.717) is 33.9 Å². The van der Waals surface area contributed by atoms with Gasteiger partial charge in [0.25, 0.3) is 0 Å². The minimum atomic E-state index is -0.194. The zero-order chi connectivity index (χ0) is 17.0. The predicted molar refractivity (Wildman–Crippen MR) is 89.3 cm³/mol. The number of ketones is 1. The van der Waals surface area contributed by atoms with E-state index in [0.717, 1.165) is 5.39 Å². The van der Waals surface area contributed by atoms with Gasteiger partial charge in [-0.3, -0.25) is 4.79 Å². The second-order valence-electron chi connectivity index (χ2n) is 4.78. The van der Waals surface area contributed by atoms with Crippen LogP contribution in [0, 0.1) is 0 Å². The van der Waals surface area contributed by atoms with Crippen molar-refractivity contribution in [3.05, 3.63) is 35.9 Å². The summed E-state index contributed by atoms with van der Waals surface area (Å²) in [6, 6.07) is 5.37. The van der Waals surface area contributed by atoms with Crippen molar-refractivity contribution in [3.63, 3.8) is 0 Å². The van der Waals surface area contributed by atoms with Crippen LogP contribution in [0.25, 0.3) is 10.8 Å². The minimum Gasteiger partial charge on any atom is -0.497 e. The highest BCUT2D eigenvalue weighted by Crippen LogP contribution is 2.43. The molecule has 0 fully saturated rings. The van der Waals surface area contributed by atoms with Crippen molar-refractivity contribution >= 4 is 16.6 Å². The Morgan fingerprint density at radius 3 is 2.13 bits per heavy atom. The summed E-state index contributed by atoms with van der Waals surface area (Å²) in [5.41, 5.74) is 0.365. The molecule has 0 saturated heterocycles. The van der Waals surface area contributed by atoms with E-state index in [-0.39, 0.29) is 5.78 Å². The monoisotopic (exact) mass is 316 g/mol. The summed E-state index contributed by atoms with van der Waals surface area (Å²) in [4.78, 5) is 12.5. The molecule has 0 spiro atoms. The number of rotatable bonds is 6. The summed E-state index contributed by atoms with van der Waals surface area (Å²) >= 11 is 0. The molecule has 0 aliphatic rings. The van der Waals surface area contributed by atoms with Crippen LogP contribution in [0.3, 0.4) is 0 Å². The Kier molecular flexibility index (Phi) is 5.11. The Labute approximate surface area is 135 Å². The SMILES string of the molecule is CC=CC(=O)c1c(OC)cc2cc(OC)cc(OC)c2c1OC. The number of carbonyl (C=O) groups excluding carboxylic acids is 1. The largest absolute Gasteiger partial charge is 0.497 e. The van der Waals surface area contributed by atoms with Crippen molar-refractivity contribution in [3.8, 4) is 23.0 Å². The van der Waals surface area contributed by atoms with Crippen LogP contribution in [-0.4, -0.2) is 34.2 Å². The number of allylic oxidation sites excluding steroid dienone is 2. The molecule has 5 nitrogen and oxygen atoms in total. The highest BCUT2D eigenvalue weighted by Gasteiger charge is 2.22. The third kappa shape index (κ3) is 2.95. The maximum Gasteiger partial charge on any atom is 0.193 e. The molecule has 2 aromatic rings. The van der Waals surface area contributed by atoms with Crippen molar-refractivity contribution in [2.75, 3.05) is 28.4 Å². The maximum atomic E-state index is 12.5. The normalized spacial score (nSPS) is 10.8. The third-order valence-electron chi connectivity index (χ3n) is 3.54. The first kappa shape index (κ1) is 16.7. The van der Waals surface area contributed by atoms with Gasteiger partial charge < -0.3 is 18.9 Å². The van der Waals surface area contributed by atoms with E-state index in [9.17, 15) is 4.79 Å². The minimum absolute atomic E-state index is 0.194. The molecule has 0 aliphatic heterocycles. The number of hydrogen-bond donors (Lipinski definition) is 0. The van der Waals surface area contributed by atoms with Gasteiger partial charge in [0, 0.05) is 6.07 Å². The first-order chi connectivity index (χ1) is 11.1. The van der Waals surface area contributed by atoms with Crippen LogP contribution < -0.4 is 18.9 Å². The highest BCUT2D eigenvalue weighted by molar-refractivity contribution is 6.13. The van der Waals surface area contributed by atoms with E-state index in [2.05, 4.69) is 0 Å². The van der Waals surface area contributed by atoms with Crippen LogP contribution in [-0.2, 0) is 0 Å². The van der Waals surface area contributed by atoms with Crippen molar-refractivity contribution in [1.82, 2.24) is 0 Å². The Bertz CT molecular complexity index is 762. The van der Waals surface area contributed by atoms with Crippen LogP contribution in [0.15, 0.2) is 30.4 Å². The molecule has 0 N–H and O–H groups in total. The molecule has 122 valence electrons. The molecule has 0 heterocycles. The average Bonchev–Trinajstić information content (AvgIpc) is 2.58. The van der Waals surface area contributed by atoms with Gasteiger partial charge in [0.2, 0.25) is 0 Å². The smallest absolute Gasteiger partial charge is 0.193 e. The lowest BCUT2D eigenvalue weighted by Crippen LogP contribution is -2.04. The molecular weight excluding hydrogens is 296 g/mol. The topological polar surface area (TPSA) is 54.0 Å². The standard InChI is InChI=1S/C18H20O5/c1-6-7-13(19)17-14(21-3)9-11-8-12(20-2)10-15(22-4)16(11)18(17)23-5/h6-10H,1-5H3. The lowest BCUT2D eigenvalue weighted by molar-refractivity contribution is 0.104. The first-order valence-corrected chi connectivity index (χ1v) is 7.09. The Balaban J connectivity index is 2.93. The van der Waals surface area contributed by atoms with Crippen LogP contribution in [0.1, 0.15) is 17.3 Å². The van der Waals surface area contributed by atoms with Crippen LogP contribution >= 0.6 is 0 Å². The van der Waals surface area contributed by atoms with Gasteiger partial charge in [-0.2, -0.15) is 0 Å². The van der Waals surface area contributed by atoms with Crippen molar-refractivity contribution < 1.29 is 23.7 Å². The molecule has 0 bridgehead atoms. The molecule has 0 radical (unpaired) electrons. The number of benzene rings is 2. The number of carbonyl (C=O) groups is 1. The lowest BCUT2D eigenvalue weighted by Gasteiger charge is -2.17. The second kappa shape index (κ2) is 7.05. The number of hydrogen-bond acceptors (Lipinski definition) is 5. The lowest BCUT2D eigenvalue weighted by atomic mass is 9.99. The zero-order valence-corrected chi connectivity index (χ0v) is 13.9. The van der Waals surface area contributed by atoms with Crippen molar-refractivity contribution in [2.45, 2.75) is 6.92 Å². The van der Waals surface area contributed by atoms with Gasteiger partial charge in [-0.05, 0) is 30.5 Å². The summed E-state index contributed by atoms with van der Waals surface area (Å²) in [5.74, 6) is 1.87. The van der Waals surface area contributed by atoms with Gasteiger partial charge in [0.1, 0.15) is 28.6 Å². The fraction of sp³-hybridized carbons (Fsp3) is 0.278. The fourth-order valence-corrected chi connectivity index (χ4v) is 2.53. The molecule has 0 unspecified atom stereocenters. The Morgan fingerprint density at radius 2 is 1.61 bits per heavy atom. The van der Waals surface area contributed by atoms with Gasteiger partial charge in [-0.25, -0.2) is 0 Å². The highest BCUT2D eigenvalue weighted by atomic mass is 16.5. The van der Waals surface area contributed by atoms with Gasteiger partial charge >= 0.3 is 0 Å². The summed E-state index contributed by atoms with van der Waals surface area (Å²) in [7, 11) is 6.18. The van der Waals surface area contributed by atoms with E-state index in [1.54, 1.807) is 39.4 Å². The molecule has 0 amide bonds. The average molecular weight is 316 g/mol. The third-order valence-corrected chi connectivity index (χ3v) is 3.54. The van der Waals surface area contributed by atoms with E-state index in [4.69, 9.17) is 18.9 Å². The number of methoxy groups -OCH3 is 4. The van der Waals surface area contributed by atoms with Crippen molar-refractivity contribution in [1.29, 1.82) is 0 Å². The van der Waals surface area contributed by atoms with Crippen LogP contribution in [0.5, 0.6) is 23.0 Å². The molecule has 2 rings (SSSR count). The maximum absolute atomic E-state index is 12.5. The Hall–Kier alpha value is -2.69. The summed E-state index contributed by atoms with van der Waals surface area (Å²) < 4.78 is 21.7. The fourth-order valence-electron chi connectivity index (χ4n) is 2.53. The number of ether oxygens (including phenoxy) is 4. The van der Waals surface area contributed by atoms with Gasteiger partial charge in [-0.15, -0.1) is 0 Å². The molecule has 2 aromatic carbocycles. The molecule has 0 atom stereocenters. The quantitative estimate of drug-likeness (QED) is 0.601. The summed E-state index contributed by atoms with van der Waals surface area (Å²) in [6.45, 7) is 1.78. The van der Waals surface area contributed by atoms with Gasteiger partial charge in [0.05, 0.1) is 33.8 Å². The molecule has 0 aliphatic carbocycles. The van der Waals surface area contributed by atoms with Gasteiger partial charge in [-0.1, -0.05) is 6.08 Å². The van der Waals surface area contributed by atoms with E-state index in [1.165, 1.54) is 20.3 Å².